The van der Waals surface area contributed by atoms with Gasteiger partial charge in [0.05, 0.1) is 22.7 Å². The SMILES string of the molecule is Cc1ccc(-c2cc(C3(O)CCC3)c(N)n2C)nc1C1(O)CCC1. The molecule has 5 nitrogen and oxygen atoms in total. The van der Waals surface area contributed by atoms with Crippen molar-refractivity contribution >= 4 is 5.82 Å². The van der Waals surface area contributed by atoms with E-state index in [1.54, 1.807) is 0 Å². The summed E-state index contributed by atoms with van der Waals surface area (Å²) in [6.45, 7) is 1.99. The molecule has 2 aromatic heterocycles. The minimum absolute atomic E-state index is 0.596. The van der Waals surface area contributed by atoms with Crippen LogP contribution in [0.5, 0.6) is 0 Å². The van der Waals surface area contributed by atoms with Gasteiger partial charge in [0.2, 0.25) is 0 Å². The molecule has 0 saturated heterocycles. The van der Waals surface area contributed by atoms with E-state index in [1.165, 1.54) is 0 Å². The second kappa shape index (κ2) is 5.07. The maximum Gasteiger partial charge on any atom is 0.109 e. The molecule has 0 bridgehead atoms. The molecule has 4 rings (SSSR count). The maximum atomic E-state index is 10.7. The lowest BCUT2D eigenvalue weighted by Crippen LogP contribution is -2.35. The van der Waals surface area contributed by atoms with E-state index in [4.69, 9.17) is 10.7 Å². The molecule has 2 aromatic rings. The standard InChI is InChI=1S/C19H25N3O2/c1-12-5-6-14(21-16(12)19(24)9-4-10-19)15-11-13(17(20)22(15)2)18(23)7-3-8-18/h5-6,11,23-24H,3-4,7-10,20H2,1-2H3. The zero-order chi connectivity index (χ0) is 17.1. The fourth-order valence-corrected chi connectivity index (χ4v) is 3.91. The van der Waals surface area contributed by atoms with Crippen molar-refractivity contribution in [2.24, 2.45) is 7.05 Å². The number of nitrogens with two attached hydrogens (primary N) is 1. The zero-order valence-electron chi connectivity index (χ0n) is 14.3. The number of hydrogen-bond donors (Lipinski definition) is 3. The van der Waals surface area contributed by atoms with Gasteiger partial charge in [-0.05, 0) is 63.1 Å². The van der Waals surface area contributed by atoms with E-state index >= 15 is 0 Å². The summed E-state index contributed by atoms with van der Waals surface area (Å²) in [5.74, 6) is 0.596. The highest BCUT2D eigenvalue weighted by atomic mass is 16.3. The van der Waals surface area contributed by atoms with Crippen LogP contribution in [0.4, 0.5) is 5.82 Å². The van der Waals surface area contributed by atoms with E-state index in [9.17, 15) is 10.2 Å². The first-order valence-electron chi connectivity index (χ1n) is 8.73. The van der Waals surface area contributed by atoms with Crippen LogP contribution in [0.3, 0.4) is 0 Å². The van der Waals surface area contributed by atoms with Gasteiger partial charge in [-0.25, -0.2) is 4.98 Å². The number of aryl methyl sites for hydroxylation is 1. The highest BCUT2D eigenvalue weighted by Gasteiger charge is 2.41. The van der Waals surface area contributed by atoms with Crippen molar-refractivity contribution < 1.29 is 10.2 Å². The summed E-state index contributed by atoms with van der Waals surface area (Å²) in [6, 6.07) is 5.93. The van der Waals surface area contributed by atoms with E-state index in [1.807, 2.05) is 36.7 Å². The van der Waals surface area contributed by atoms with Crippen molar-refractivity contribution in [1.29, 1.82) is 0 Å². The average Bonchev–Trinajstić information content (AvgIpc) is 2.80. The molecule has 0 aromatic carbocycles. The molecule has 0 atom stereocenters. The topological polar surface area (TPSA) is 84.3 Å². The molecule has 4 N–H and O–H groups in total. The summed E-state index contributed by atoms with van der Waals surface area (Å²) in [5, 5.41) is 21.4. The van der Waals surface area contributed by atoms with Crippen LogP contribution in [-0.4, -0.2) is 19.8 Å². The van der Waals surface area contributed by atoms with Gasteiger partial charge in [0, 0.05) is 12.6 Å². The van der Waals surface area contributed by atoms with Gasteiger partial charge >= 0.3 is 0 Å². The quantitative estimate of drug-likeness (QED) is 0.809. The van der Waals surface area contributed by atoms with E-state index in [0.717, 1.165) is 66.7 Å². The Balaban J connectivity index is 1.80. The Morgan fingerprint density at radius 1 is 1.08 bits per heavy atom. The van der Waals surface area contributed by atoms with Gasteiger partial charge in [0.15, 0.2) is 0 Å². The number of pyridine rings is 1. The summed E-state index contributed by atoms with van der Waals surface area (Å²) in [5.41, 5.74) is 8.94. The van der Waals surface area contributed by atoms with Gasteiger partial charge in [-0.3, -0.25) is 0 Å². The Morgan fingerprint density at radius 3 is 2.25 bits per heavy atom. The Bertz CT molecular complexity index is 801. The average molecular weight is 327 g/mol. The Labute approximate surface area is 142 Å². The first-order chi connectivity index (χ1) is 11.3. The zero-order valence-corrected chi connectivity index (χ0v) is 14.3. The van der Waals surface area contributed by atoms with Gasteiger partial charge in [-0.2, -0.15) is 0 Å². The Kier molecular flexibility index (Phi) is 3.31. The monoisotopic (exact) mass is 327 g/mol. The number of nitrogens with zero attached hydrogens (tertiary/aromatic N) is 2. The highest BCUT2D eigenvalue weighted by Crippen LogP contribution is 2.46. The van der Waals surface area contributed by atoms with Crippen LogP contribution in [-0.2, 0) is 18.2 Å². The molecule has 2 aliphatic carbocycles. The summed E-state index contributed by atoms with van der Waals surface area (Å²) in [4.78, 5) is 4.77. The van der Waals surface area contributed by atoms with Gasteiger partial charge < -0.3 is 20.5 Å². The second-order valence-corrected chi connectivity index (χ2v) is 7.52. The Hall–Kier alpha value is -1.85. The van der Waals surface area contributed by atoms with Crippen LogP contribution in [0.1, 0.15) is 55.3 Å². The molecule has 24 heavy (non-hydrogen) atoms. The number of aromatic nitrogens is 2. The van der Waals surface area contributed by atoms with Crippen LogP contribution in [0.25, 0.3) is 11.4 Å². The predicted molar refractivity (Wildman–Crippen MR) is 93.3 cm³/mol. The molecule has 0 unspecified atom stereocenters. The van der Waals surface area contributed by atoms with Crippen LogP contribution in [0, 0.1) is 6.92 Å². The van der Waals surface area contributed by atoms with Gasteiger partial charge in [-0.1, -0.05) is 6.07 Å². The number of nitrogen functional groups attached to an aromatic ring is 1. The summed E-state index contributed by atoms with van der Waals surface area (Å²) in [7, 11) is 1.90. The van der Waals surface area contributed by atoms with Crippen LogP contribution >= 0.6 is 0 Å². The maximum absolute atomic E-state index is 10.7. The lowest BCUT2D eigenvalue weighted by molar-refractivity contribution is -0.0431. The molecular formula is C19H25N3O2. The van der Waals surface area contributed by atoms with Crippen molar-refractivity contribution in [3.63, 3.8) is 0 Å². The molecule has 2 heterocycles. The fourth-order valence-electron chi connectivity index (χ4n) is 3.91. The second-order valence-electron chi connectivity index (χ2n) is 7.52. The number of aliphatic hydroxyl groups is 2. The molecular weight excluding hydrogens is 302 g/mol. The molecule has 0 radical (unpaired) electrons. The largest absolute Gasteiger partial charge is 0.385 e. The van der Waals surface area contributed by atoms with Crippen molar-refractivity contribution in [3.8, 4) is 11.4 Å². The smallest absolute Gasteiger partial charge is 0.109 e. The normalized spacial score (nSPS) is 21.2. The molecule has 5 heteroatoms. The van der Waals surface area contributed by atoms with Gasteiger partial charge in [-0.15, -0.1) is 0 Å². The fraction of sp³-hybridized carbons (Fsp3) is 0.526. The Morgan fingerprint density at radius 2 is 1.71 bits per heavy atom. The summed E-state index contributed by atoms with van der Waals surface area (Å²) in [6.07, 6.45) is 5.12. The first-order valence-corrected chi connectivity index (χ1v) is 8.73. The van der Waals surface area contributed by atoms with Gasteiger partial charge in [0.25, 0.3) is 0 Å². The minimum atomic E-state index is -0.792. The molecule has 2 saturated carbocycles. The van der Waals surface area contributed by atoms with E-state index in [2.05, 4.69) is 0 Å². The first kappa shape index (κ1) is 15.7. The third-order valence-corrected chi connectivity index (χ3v) is 5.94. The summed E-state index contributed by atoms with van der Waals surface area (Å²) < 4.78 is 1.89. The predicted octanol–water partition coefficient (Wildman–Crippen LogP) is 2.72. The number of anilines is 1. The molecule has 2 aliphatic rings. The molecule has 128 valence electrons. The van der Waals surface area contributed by atoms with Crippen LogP contribution in [0.15, 0.2) is 18.2 Å². The molecule has 0 spiro atoms. The van der Waals surface area contributed by atoms with E-state index in [0.29, 0.717) is 5.82 Å². The number of hydrogen-bond acceptors (Lipinski definition) is 4. The number of rotatable bonds is 3. The van der Waals surface area contributed by atoms with E-state index in [-0.39, 0.29) is 0 Å². The van der Waals surface area contributed by atoms with Crippen molar-refractivity contribution in [2.75, 3.05) is 5.73 Å². The van der Waals surface area contributed by atoms with E-state index < -0.39 is 11.2 Å². The van der Waals surface area contributed by atoms with Crippen LogP contribution < -0.4 is 5.73 Å². The van der Waals surface area contributed by atoms with Crippen LogP contribution in [0.2, 0.25) is 0 Å². The van der Waals surface area contributed by atoms with Crippen molar-refractivity contribution in [3.05, 3.63) is 35.0 Å². The molecule has 0 aliphatic heterocycles. The molecule has 0 amide bonds. The highest BCUT2D eigenvalue weighted by molar-refractivity contribution is 5.65. The summed E-state index contributed by atoms with van der Waals surface area (Å²) >= 11 is 0. The van der Waals surface area contributed by atoms with Crippen molar-refractivity contribution in [2.45, 2.75) is 56.7 Å². The van der Waals surface area contributed by atoms with Crippen molar-refractivity contribution in [1.82, 2.24) is 9.55 Å². The lowest BCUT2D eigenvalue weighted by Gasteiger charge is -2.37. The molecule has 2 fully saturated rings. The third-order valence-electron chi connectivity index (χ3n) is 5.94. The minimum Gasteiger partial charge on any atom is -0.385 e. The van der Waals surface area contributed by atoms with Gasteiger partial charge in [0.1, 0.15) is 11.4 Å². The third kappa shape index (κ3) is 2.11. The lowest BCUT2D eigenvalue weighted by atomic mass is 9.75.